The molecule has 9 heteroatoms. The molecule has 2 N–H and O–H groups in total. The maximum absolute atomic E-state index is 13.8. The molecule has 1 aromatic carbocycles. The summed E-state index contributed by atoms with van der Waals surface area (Å²) in [6.45, 7) is 2.49. The van der Waals surface area contributed by atoms with Crippen molar-refractivity contribution in [3.8, 4) is 5.75 Å². The minimum absolute atomic E-state index is 0.00226. The molecule has 29 heavy (non-hydrogen) atoms. The first-order valence-electron chi connectivity index (χ1n) is 9.71. The smallest absolute Gasteiger partial charge is 0.225 e. The van der Waals surface area contributed by atoms with E-state index in [2.05, 4.69) is 5.32 Å². The van der Waals surface area contributed by atoms with Gasteiger partial charge in [-0.05, 0) is 38.5 Å². The van der Waals surface area contributed by atoms with Crippen molar-refractivity contribution in [3.63, 3.8) is 0 Å². The van der Waals surface area contributed by atoms with Gasteiger partial charge >= 0.3 is 0 Å². The molecule has 0 aromatic heterocycles. The number of likely N-dealkylation sites (tertiary alicyclic amines) is 1. The number of aliphatic hydroxyl groups is 1. The van der Waals surface area contributed by atoms with Crippen molar-refractivity contribution >= 4 is 12.3 Å². The summed E-state index contributed by atoms with van der Waals surface area (Å²) >= 11 is 0. The number of nitrogens with one attached hydrogen (secondary N) is 1. The average molecular weight is 414 g/mol. The SMILES string of the molecule is CC(Oc1c(F)cc(F)cc1F)C1CCN(C(=O)C2CC(CO)(NC=O)C2)CC1. The molecular formula is C20H25F3N2O4. The van der Waals surface area contributed by atoms with Crippen molar-refractivity contribution in [1.29, 1.82) is 0 Å². The van der Waals surface area contributed by atoms with Crippen LogP contribution in [-0.2, 0) is 9.59 Å². The van der Waals surface area contributed by atoms with Crippen LogP contribution in [0.1, 0.15) is 32.6 Å². The number of nitrogens with zero attached hydrogens (tertiary/aromatic N) is 1. The van der Waals surface area contributed by atoms with E-state index >= 15 is 0 Å². The van der Waals surface area contributed by atoms with E-state index in [9.17, 15) is 27.9 Å². The lowest BCUT2D eigenvalue weighted by atomic mass is 9.68. The van der Waals surface area contributed by atoms with Gasteiger partial charge in [0.1, 0.15) is 5.82 Å². The molecule has 3 rings (SSSR count). The predicted octanol–water partition coefficient (Wildman–Crippen LogP) is 2.00. The van der Waals surface area contributed by atoms with E-state index in [0.717, 1.165) is 0 Å². The van der Waals surface area contributed by atoms with E-state index in [4.69, 9.17) is 4.74 Å². The number of halogens is 3. The van der Waals surface area contributed by atoms with Crippen molar-refractivity contribution in [2.24, 2.45) is 11.8 Å². The van der Waals surface area contributed by atoms with Gasteiger partial charge in [-0.15, -0.1) is 0 Å². The van der Waals surface area contributed by atoms with E-state index < -0.39 is 34.8 Å². The summed E-state index contributed by atoms with van der Waals surface area (Å²) in [7, 11) is 0. The highest BCUT2D eigenvalue weighted by Gasteiger charge is 2.48. The largest absolute Gasteiger partial charge is 0.484 e. The molecule has 0 spiro atoms. The third kappa shape index (κ3) is 4.49. The molecule has 2 aliphatic rings. The summed E-state index contributed by atoms with van der Waals surface area (Å²) in [4.78, 5) is 25.0. The Morgan fingerprint density at radius 1 is 1.31 bits per heavy atom. The van der Waals surface area contributed by atoms with E-state index in [1.807, 2.05) is 0 Å². The zero-order chi connectivity index (χ0) is 21.2. The summed E-state index contributed by atoms with van der Waals surface area (Å²) in [5, 5.41) is 12.0. The normalized spacial score (nSPS) is 25.8. The maximum atomic E-state index is 13.8. The summed E-state index contributed by atoms with van der Waals surface area (Å²) in [6, 6.07) is 1.16. The van der Waals surface area contributed by atoms with Gasteiger partial charge in [0.15, 0.2) is 17.4 Å². The number of rotatable bonds is 7. The number of hydrogen-bond donors (Lipinski definition) is 2. The van der Waals surface area contributed by atoms with Crippen LogP contribution in [-0.4, -0.2) is 53.7 Å². The molecule has 0 radical (unpaired) electrons. The monoisotopic (exact) mass is 414 g/mol. The van der Waals surface area contributed by atoms with Gasteiger partial charge < -0.3 is 20.1 Å². The second-order valence-corrected chi connectivity index (χ2v) is 7.99. The highest BCUT2D eigenvalue weighted by Crippen LogP contribution is 2.39. The molecule has 1 saturated heterocycles. The van der Waals surface area contributed by atoms with Crippen LogP contribution in [0.25, 0.3) is 0 Å². The zero-order valence-corrected chi connectivity index (χ0v) is 16.2. The second-order valence-electron chi connectivity index (χ2n) is 7.99. The van der Waals surface area contributed by atoms with Gasteiger partial charge in [0.25, 0.3) is 0 Å². The van der Waals surface area contributed by atoms with Crippen LogP contribution in [0.3, 0.4) is 0 Å². The van der Waals surface area contributed by atoms with Crippen molar-refractivity contribution < 1.29 is 32.6 Å². The molecular weight excluding hydrogens is 389 g/mol. The third-order valence-corrected chi connectivity index (χ3v) is 6.07. The lowest BCUT2D eigenvalue weighted by Gasteiger charge is -2.47. The Morgan fingerprint density at radius 2 is 1.90 bits per heavy atom. The highest BCUT2D eigenvalue weighted by molar-refractivity contribution is 5.80. The fraction of sp³-hybridized carbons (Fsp3) is 0.600. The number of amides is 2. The third-order valence-electron chi connectivity index (χ3n) is 6.07. The number of benzene rings is 1. The Bertz CT molecular complexity index is 739. The van der Waals surface area contributed by atoms with Crippen molar-refractivity contribution in [1.82, 2.24) is 10.2 Å². The molecule has 2 fully saturated rings. The van der Waals surface area contributed by atoms with Gasteiger partial charge in [0.05, 0.1) is 18.2 Å². The standard InChI is InChI=1S/C20H25F3N2O4/c1-12(29-18-16(22)6-15(21)7-17(18)23)13-2-4-25(5-3-13)19(28)14-8-20(9-14,10-26)24-11-27/h6-7,11-14,26H,2-5,8-10H2,1H3,(H,24,27). The Hall–Kier alpha value is -2.29. The van der Waals surface area contributed by atoms with Crippen molar-refractivity contribution in [3.05, 3.63) is 29.6 Å². The maximum Gasteiger partial charge on any atom is 0.225 e. The number of carbonyl (C=O) groups excluding carboxylic acids is 2. The first-order valence-corrected chi connectivity index (χ1v) is 9.71. The molecule has 1 aliphatic heterocycles. The van der Waals surface area contributed by atoms with Crippen molar-refractivity contribution in [2.45, 2.75) is 44.2 Å². The van der Waals surface area contributed by atoms with Crippen LogP contribution in [0.2, 0.25) is 0 Å². The first kappa shape index (κ1) is 21.4. The Morgan fingerprint density at radius 3 is 2.41 bits per heavy atom. The molecule has 1 aliphatic carbocycles. The molecule has 2 amide bonds. The van der Waals surface area contributed by atoms with Crippen LogP contribution in [0, 0.1) is 29.3 Å². The summed E-state index contributed by atoms with van der Waals surface area (Å²) < 4.78 is 46.0. The van der Waals surface area contributed by atoms with Crippen LogP contribution in [0.5, 0.6) is 5.75 Å². The number of hydrogen-bond acceptors (Lipinski definition) is 4. The molecule has 160 valence electrons. The van der Waals surface area contributed by atoms with Crippen molar-refractivity contribution in [2.75, 3.05) is 19.7 Å². The Balaban J connectivity index is 1.50. The van der Waals surface area contributed by atoms with Gasteiger partial charge in [0, 0.05) is 31.1 Å². The average Bonchev–Trinajstić information content (AvgIpc) is 2.66. The molecule has 1 atom stereocenters. The molecule has 0 bridgehead atoms. The van der Waals surface area contributed by atoms with Crippen LogP contribution >= 0.6 is 0 Å². The first-order chi connectivity index (χ1) is 13.8. The highest BCUT2D eigenvalue weighted by atomic mass is 19.1. The van der Waals surface area contributed by atoms with E-state index in [-0.39, 0.29) is 24.3 Å². The van der Waals surface area contributed by atoms with Crippen LogP contribution in [0.15, 0.2) is 12.1 Å². The molecule has 1 unspecified atom stereocenters. The lowest BCUT2D eigenvalue weighted by molar-refractivity contribution is -0.145. The van der Waals surface area contributed by atoms with Gasteiger partial charge in [0.2, 0.25) is 12.3 Å². The fourth-order valence-corrected chi connectivity index (χ4v) is 4.25. The number of aliphatic hydroxyl groups excluding tert-OH is 1. The zero-order valence-electron chi connectivity index (χ0n) is 16.2. The quantitative estimate of drug-likeness (QED) is 0.669. The molecule has 6 nitrogen and oxygen atoms in total. The van der Waals surface area contributed by atoms with E-state index in [0.29, 0.717) is 57.3 Å². The molecule has 1 aromatic rings. The van der Waals surface area contributed by atoms with Crippen LogP contribution in [0.4, 0.5) is 13.2 Å². The number of carbonyl (C=O) groups is 2. The summed E-state index contributed by atoms with van der Waals surface area (Å²) in [6.07, 6.45) is 2.08. The fourth-order valence-electron chi connectivity index (χ4n) is 4.25. The summed E-state index contributed by atoms with van der Waals surface area (Å²) in [5.41, 5.74) is -0.702. The van der Waals surface area contributed by atoms with E-state index in [1.54, 1.807) is 11.8 Å². The minimum atomic E-state index is -1.08. The lowest BCUT2D eigenvalue weighted by Crippen LogP contribution is -2.61. The second kappa shape index (κ2) is 8.61. The van der Waals surface area contributed by atoms with Gasteiger partial charge in [-0.3, -0.25) is 9.59 Å². The van der Waals surface area contributed by atoms with Gasteiger partial charge in [-0.2, -0.15) is 0 Å². The number of piperidine rings is 1. The van der Waals surface area contributed by atoms with Gasteiger partial charge in [-0.1, -0.05) is 0 Å². The van der Waals surface area contributed by atoms with Crippen LogP contribution < -0.4 is 10.1 Å². The molecule has 1 heterocycles. The Kier molecular flexibility index (Phi) is 6.36. The van der Waals surface area contributed by atoms with Gasteiger partial charge in [-0.25, -0.2) is 13.2 Å². The molecule has 1 saturated carbocycles. The summed E-state index contributed by atoms with van der Waals surface area (Å²) in [5.74, 6) is -4.00. The topological polar surface area (TPSA) is 78.9 Å². The predicted molar refractivity (Wildman–Crippen MR) is 97.5 cm³/mol. The Labute approximate surface area is 167 Å². The minimum Gasteiger partial charge on any atom is -0.484 e. The van der Waals surface area contributed by atoms with E-state index in [1.165, 1.54) is 0 Å². The number of ether oxygens (including phenoxy) is 1.